The van der Waals surface area contributed by atoms with Crippen LogP contribution < -0.4 is 5.32 Å². The van der Waals surface area contributed by atoms with Crippen LogP contribution in [0.4, 0.5) is 10.1 Å². The number of hydrogen-bond acceptors (Lipinski definition) is 4. The second-order valence-electron chi connectivity index (χ2n) is 10.0. The number of pyridine rings is 1. The first-order valence-electron chi connectivity index (χ1n) is 12.4. The second kappa shape index (κ2) is 10.2. The van der Waals surface area contributed by atoms with Gasteiger partial charge in [0.25, 0.3) is 5.91 Å². The lowest BCUT2D eigenvalue weighted by molar-refractivity contribution is 0.0496. The number of piperidine rings is 1. The van der Waals surface area contributed by atoms with Crippen molar-refractivity contribution in [2.24, 2.45) is 5.41 Å². The largest absolute Gasteiger partial charge is 0.381 e. The zero-order chi connectivity index (χ0) is 24.3. The average Bonchev–Trinajstić information content (AvgIpc) is 3.26. The molecule has 1 aromatic heterocycles. The van der Waals surface area contributed by atoms with Crippen molar-refractivity contribution in [3.63, 3.8) is 0 Å². The molecule has 0 aliphatic carbocycles. The lowest BCUT2D eigenvalue weighted by Crippen LogP contribution is -2.43. The molecule has 1 amide bonds. The minimum Gasteiger partial charge on any atom is -0.381 e. The lowest BCUT2D eigenvalue weighted by atomic mass is 9.76. The molecule has 3 aromatic rings. The number of rotatable bonds is 6. The van der Waals surface area contributed by atoms with E-state index in [1.54, 1.807) is 18.3 Å². The molecule has 0 radical (unpaired) electrons. The van der Waals surface area contributed by atoms with Crippen molar-refractivity contribution in [3.8, 4) is 0 Å². The highest BCUT2D eigenvalue weighted by Gasteiger charge is 2.43. The summed E-state index contributed by atoms with van der Waals surface area (Å²) in [6.45, 7) is 4.91. The maximum absolute atomic E-state index is 13.5. The summed E-state index contributed by atoms with van der Waals surface area (Å²) in [6.07, 6.45) is 7.31. The predicted molar refractivity (Wildman–Crippen MR) is 135 cm³/mol. The number of likely N-dealkylation sites (tertiary alicyclic amines) is 1. The Morgan fingerprint density at radius 2 is 1.97 bits per heavy atom. The smallest absolute Gasteiger partial charge is 0.253 e. The Bertz CT molecular complexity index is 1180. The van der Waals surface area contributed by atoms with Crippen LogP contribution in [0.1, 0.15) is 46.3 Å². The SMILES string of the molecule is Cc1ccc(C(=O)N2CCC3(CC2)COC(Cc2cccc(F)c2)C3)cc1NCc1cccnc1. The summed E-state index contributed by atoms with van der Waals surface area (Å²) in [5.41, 5.74) is 4.99. The van der Waals surface area contributed by atoms with Crippen molar-refractivity contribution in [2.75, 3.05) is 25.0 Å². The fourth-order valence-corrected chi connectivity index (χ4v) is 5.31. The van der Waals surface area contributed by atoms with Gasteiger partial charge in [-0.15, -0.1) is 0 Å². The highest BCUT2D eigenvalue weighted by Crippen LogP contribution is 2.43. The predicted octanol–water partition coefficient (Wildman–Crippen LogP) is 5.40. The molecule has 1 N–H and O–H groups in total. The van der Waals surface area contributed by atoms with Crippen molar-refractivity contribution < 1.29 is 13.9 Å². The first kappa shape index (κ1) is 23.5. The van der Waals surface area contributed by atoms with Crippen LogP contribution >= 0.6 is 0 Å². The third kappa shape index (κ3) is 5.54. The van der Waals surface area contributed by atoms with Gasteiger partial charge in [0.1, 0.15) is 5.82 Å². The third-order valence-electron chi connectivity index (χ3n) is 7.44. The fraction of sp³-hybridized carbons (Fsp3) is 0.379. The Balaban J connectivity index is 1.17. The summed E-state index contributed by atoms with van der Waals surface area (Å²) in [5, 5.41) is 3.44. The van der Waals surface area contributed by atoms with Crippen molar-refractivity contribution in [1.29, 1.82) is 0 Å². The minimum absolute atomic E-state index is 0.0829. The molecule has 35 heavy (non-hydrogen) atoms. The molecule has 3 heterocycles. The number of aromatic nitrogens is 1. The van der Waals surface area contributed by atoms with Gasteiger partial charge in [0.15, 0.2) is 0 Å². The van der Waals surface area contributed by atoms with Crippen LogP contribution in [0, 0.1) is 18.2 Å². The molecule has 1 unspecified atom stereocenters. The molecule has 1 atom stereocenters. The molecule has 182 valence electrons. The van der Waals surface area contributed by atoms with Crippen LogP contribution in [0.25, 0.3) is 0 Å². The van der Waals surface area contributed by atoms with E-state index in [9.17, 15) is 9.18 Å². The standard InChI is InChI=1S/C29H32FN3O2/c1-21-7-8-24(16-27(21)32-19-23-5-3-11-31-18-23)28(34)33-12-9-29(10-13-33)17-26(35-20-29)15-22-4-2-6-25(30)14-22/h2-8,11,14,16,18,26,32H,9-10,12-13,15,17,19-20H2,1H3. The summed E-state index contributed by atoms with van der Waals surface area (Å²) in [7, 11) is 0. The molecule has 0 bridgehead atoms. The van der Waals surface area contributed by atoms with E-state index in [2.05, 4.69) is 10.3 Å². The van der Waals surface area contributed by atoms with Gasteiger partial charge in [0.05, 0.1) is 12.7 Å². The number of benzene rings is 2. The topological polar surface area (TPSA) is 54.5 Å². The number of ether oxygens (including phenoxy) is 1. The molecule has 5 nitrogen and oxygen atoms in total. The zero-order valence-electron chi connectivity index (χ0n) is 20.2. The van der Waals surface area contributed by atoms with Gasteiger partial charge in [0.2, 0.25) is 0 Å². The number of nitrogens with one attached hydrogen (secondary N) is 1. The van der Waals surface area contributed by atoms with Gasteiger partial charge in [-0.1, -0.05) is 24.3 Å². The monoisotopic (exact) mass is 473 g/mol. The summed E-state index contributed by atoms with van der Waals surface area (Å²) < 4.78 is 19.7. The van der Waals surface area contributed by atoms with E-state index in [1.807, 2.05) is 54.4 Å². The average molecular weight is 474 g/mol. The minimum atomic E-state index is -0.200. The van der Waals surface area contributed by atoms with Crippen LogP contribution in [-0.4, -0.2) is 41.6 Å². The molecule has 2 aromatic carbocycles. The van der Waals surface area contributed by atoms with Crippen LogP contribution in [0.5, 0.6) is 0 Å². The van der Waals surface area contributed by atoms with Gasteiger partial charge in [-0.25, -0.2) is 4.39 Å². The van der Waals surface area contributed by atoms with E-state index < -0.39 is 0 Å². The number of amides is 1. The number of aryl methyl sites for hydroxylation is 1. The van der Waals surface area contributed by atoms with E-state index in [1.165, 1.54) is 6.07 Å². The number of hydrogen-bond donors (Lipinski definition) is 1. The van der Waals surface area contributed by atoms with Gasteiger partial charge >= 0.3 is 0 Å². The number of carbonyl (C=O) groups excluding carboxylic acids is 1. The Hall–Kier alpha value is -3.25. The maximum atomic E-state index is 13.5. The Morgan fingerprint density at radius 3 is 2.74 bits per heavy atom. The molecule has 5 rings (SSSR count). The summed E-state index contributed by atoms with van der Waals surface area (Å²) in [6, 6.07) is 16.6. The van der Waals surface area contributed by atoms with Crippen LogP contribution in [-0.2, 0) is 17.7 Å². The van der Waals surface area contributed by atoms with Gasteiger partial charge in [-0.05, 0) is 85.0 Å². The van der Waals surface area contributed by atoms with E-state index in [0.29, 0.717) is 12.1 Å². The zero-order valence-corrected chi connectivity index (χ0v) is 20.2. The highest BCUT2D eigenvalue weighted by atomic mass is 19.1. The van der Waals surface area contributed by atoms with Crippen LogP contribution in [0.3, 0.4) is 0 Å². The maximum Gasteiger partial charge on any atom is 0.253 e. The quantitative estimate of drug-likeness (QED) is 0.521. The number of anilines is 1. The molecule has 2 saturated heterocycles. The Morgan fingerprint density at radius 1 is 1.14 bits per heavy atom. The molecule has 2 aliphatic heterocycles. The molecule has 6 heteroatoms. The van der Waals surface area contributed by atoms with Crippen LogP contribution in [0.2, 0.25) is 0 Å². The van der Waals surface area contributed by atoms with Crippen molar-refractivity contribution in [3.05, 3.63) is 95.1 Å². The number of halogens is 1. The summed E-state index contributed by atoms with van der Waals surface area (Å²) in [5.74, 6) is -0.118. The molecule has 0 saturated carbocycles. The third-order valence-corrected chi connectivity index (χ3v) is 7.44. The molecular weight excluding hydrogens is 441 g/mol. The van der Waals surface area contributed by atoms with E-state index in [-0.39, 0.29) is 23.2 Å². The normalized spacial score (nSPS) is 19.1. The van der Waals surface area contributed by atoms with E-state index >= 15 is 0 Å². The highest BCUT2D eigenvalue weighted by molar-refractivity contribution is 5.95. The number of carbonyl (C=O) groups is 1. The van der Waals surface area contributed by atoms with Gasteiger partial charge < -0.3 is 15.0 Å². The molecule has 1 spiro atoms. The van der Waals surface area contributed by atoms with E-state index in [4.69, 9.17) is 4.74 Å². The Labute approximate surface area is 206 Å². The Kier molecular flexibility index (Phi) is 6.82. The second-order valence-corrected chi connectivity index (χ2v) is 10.0. The number of nitrogens with zero attached hydrogens (tertiary/aromatic N) is 2. The molecule has 2 fully saturated rings. The van der Waals surface area contributed by atoms with Crippen molar-refractivity contribution >= 4 is 11.6 Å². The molecular formula is C29H32FN3O2. The summed E-state index contributed by atoms with van der Waals surface area (Å²) in [4.78, 5) is 19.4. The first-order chi connectivity index (χ1) is 17.0. The van der Waals surface area contributed by atoms with Gasteiger partial charge in [0, 0.05) is 43.3 Å². The van der Waals surface area contributed by atoms with Gasteiger partial charge in [-0.2, -0.15) is 0 Å². The van der Waals surface area contributed by atoms with Crippen molar-refractivity contribution in [1.82, 2.24) is 9.88 Å². The van der Waals surface area contributed by atoms with Crippen molar-refractivity contribution in [2.45, 2.75) is 45.3 Å². The molecule has 2 aliphatic rings. The van der Waals surface area contributed by atoms with Crippen LogP contribution in [0.15, 0.2) is 67.0 Å². The lowest BCUT2D eigenvalue weighted by Gasteiger charge is -2.38. The fourth-order valence-electron chi connectivity index (χ4n) is 5.31. The van der Waals surface area contributed by atoms with E-state index in [0.717, 1.165) is 67.8 Å². The first-order valence-corrected chi connectivity index (χ1v) is 12.4. The summed E-state index contributed by atoms with van der Waals surface area (Å²) >= 11 is 0. The van der Waals surface area contributed by atoms with Gasteiger partial charge in [-0.3, -0.25) is 9.78 Å².